The van der Waals surface area contributed by atoms with E-state index in [1.807, 2.05) is 18.2 Å². The Balaban J connectivity index is 2.06. The van der Waals surface area contributed by atoms with E-state index in [1.165, 1.54) is 26.2 Å². The highest BCUT2D eigenvalue weighted by atomic mass is 16.5. The number of carbonyl (C=O) groups excluding carboxylic acids is 1. The molecule has 1 heterocycles. The average Bonchev–Trinajstić information content (AvgIpc) is 2.53. The Morgan fingerprint density at radius 1 is 1.36 bits per heavy atom. The molecule has 0 radical (unpaired) electrons. The van der Waals surface area contributed by atoms with Crippen molar-refractivity contribution in [1.29, 1.82) is 0 Å². The van der Waals surface area contributed by atoms with Crippen molar-refractivity contribution >= 4 is 17.6 Å². The van der Waals surface area contributed by atoms with Gasteiger partial charge in [-0.05, 0) is 37.0 Å². The van der Waals surface area contributed by atoms with E-state index in [2.05, 4.69) is 15.2 Å². The molecular weight excluding hydrogens is 280 g/mol. The largest absolute Gasteiger partial charge is 0.495 e. The number of aliphatic imine (C=N–C) groups is 1. The smallest absolute Gasteiger partial charge is 0.221 e. The summed E-state index contributed by atoms with van der Waals surface area (Å²) >= 11 is 0. The predicted molar refractivity (Wildman–Crippen MR) is 88.0 cm³/mol. The van der Waals surface area contributed by atoms with Crippen molar-refractivity contribution in [3.8, 4) is 5.75 Å². The predicted octanol–water partition coefficient (Wildman–Crippen LogP) is 1.95. The molecule has 2 rings (SSSR count). The van der Waals surface area contributed by atoms with E-state index in [9.17, 15) is 4.79 Å². The van der Waals surface area contributed by atoms with Crippen molar-refractivity contribution in [3.05, 3.63) is 23.8 Å². The molecule has 1 fully saturated rings. The summed E-state index contributed by atoms with van der Waals surface area (Å²) in [5, 5.41) is 2.76. The standard InChI is InChI=1S/C16H24N4O2/c1-12(21)19-14-10-13(6-7-15(14)22-2)11-18-16(17)20-8-4-3-5-9-20/h6-7,10H,3-5,8-9,11H2,1-2H3,(H2,17,18)(H,19,21). The zero-order valence-electron chi connectivity index (χ0n) is 13.3. The molecule has 0 aliphatic carbocycles. The van der Waals surface area contributed by atoms with Crippen molar-refractivity contribution in [3.63, 3.8) is 0 Å². The molecule has 3 N–H and O–H groups in total. The van der Waals surface area contributed by atoms with Crippen LogP contribution in [0.4, 0.5) is 5.69 Å². The number of amides is 1. The van der Waals surface area contributed by atoms with Crippen LogP contribution in [0.5, 0.6) is 5.75 Å². The third kappa shape index (κ3) is 4.38. The summed E-state index contributed by atoms with van der Waals surface area (Å²) < 4.78 is 5.24. The molecule has 1 aromatic carbocycles. The first kappa shape index (κ1) is 16.1. The average molecular weight is 304 g/mol. The lowest BCUT2D eigenvalue weighted by Crippen LogP contribution is -2.40. The molecule has 1 amide bonds. The second kappa shape index (κ2) is 7.68. The molecule has 120 valence electrons. The zero-order chi connectivity index (χ0) is 15.9. The minimum atomic E-state index is -0.133. The highest BCUT2D eigenvalue weighted by molar-refractivity contribution is 5.90. The van der Waals surface area contributed by atoms with Crippen molar-refractivity contribution in [2.75, 3.05) is 25.5 Å². The first-order valence-corrected chi connectivity index (χ1v) is 7.59. The Morgan fingerprint density at radius 3 is 2.73 bits per heavy atom. The topological polar surface area (TPSA) is 80.0 Å². The lowest BCUT2D eigenvalue weighted by Gasteiger charge is -2.27. The maximum atomic E-state index is 11.2. The summed E-state index contributed by atoms with van der Waals surface area (Å²) in [5.41, 5.74) is 7.68. The number of carbonyl (C=O) groups is 1. The number of nitrogens with one attached hydrogen (secondary N) is 1. The number of nitrogens with two attached hydrogens (primary N) is 1. The van der Waals surface area contributed by atoms with Crippen LogP contribution in [0.15, 0.2) is 23.2 Å². The summed E-state index contributed by atoms with van der Waals surface area (Å²) in [6, 6.07) is 5.62. The maximum Gasteiger partial charge on any atom is 0.221 e. The number of benzene rings is 1. The van der Waals surface area contributed by atoms with Crippen LogP contribution in [0.1, 0.15) is 31.7 Å². The van der Waals surface area contributed by atoms with Gasteiger partial charge < -0.3 is 20.7 Å². The van der Waals surface area contributed by atoms with Crippen molar-refractivity contribution in [1.82, 2.24) is 4.90 Å². The van der Waals surface area contributed by atoms with Gasteiger partial charge in [-0.15, -0.1) is 0 Å². The van der Waals surface area contributed by atoms with E-state index in [0.717, 1.165) is 18.7 Å². The Hall–Kier alpha value is -2.24. The summed E-state index contributed by atoms with van der Waals surface area (Å²) in [5.74, 6) is 1.09. The summed E-state index contributed by atoms with van der Waals surface area (Å²) in [7, 11) is 1.58. The molecule has 6 nitrogen and oxygen atoms in total. The monoisotopic (exact) mass is 304 g/mol. The molecule has 1 aliphatic rings. The lowest BCUT2D eigenvalue weighted by atomic mass is 10.1. The summed E-state index contributed by atoms with van der Waals surface area (Å²) in [6.45, 7) is 3.92. The second-order valence-corrected chi connectivity index (χ2v) is 5.44. The fourth-order valence-corrected chi connectivity index (χ4v) is 2.54. The van der Waals surface area contributed by atoms with Crippen LogP contribution in [0.3, 0.4) is 0 Å². The van der Waals surface area contributed by atoms with Gasteiger partial charge in [0.1, 0.15) is 5.75 Å². The minimum absolute atomic E-state index is 0.133. The van der Waals surface area contributed by atoms with Crippen LogP contribution in [-0.4, -0.2) is 37.0 Å². The number of nitrogens with zero attached hydrogens (tertiary/aromatic N) is 2. The summed E-state index contributed by atoms with van der Waals surface area (Å²) in [6.07, 6.45) is 3.61. The molecule has 1 saturated heterocycles. The van der Waals surface area contributed by atoms with Crippen LogP contribution < -0.4 is 15.8 Å². The molecular formula is C16H24N4O2. The van der Waals surface area contributed by atoms with E-state index < -0.39 is 0 Å². The van der Waals surface area contributed by atoms with E-state index in [0.29, 0.717) is 23.9 Å². The number of methoxy groups -OCH3 is 1. The van der Waals surface area contributed by atoms with E-state index >= 15 is 0 Å². The number of guanidine groups is 1. The summed E-state index contributed by atoms with van der Waals surface area (Å²) in [4.78, 5) is 17.8. The van der Waals surface area contributed by atoms with Crippen LogP contribution in [0.2, 0.25) is 0 Å². The normalized spacial score (nSPS) is 15.5. The Labute approximate surface area is 131 Å². The van der Waals surface area contributed by atoms with Gasteiger partial charge in [-0.2, -0.15) is 0 Å². The molecule has 0 bridgehead atoms. The molecule has 0 atom stereocenters. The molecule has 22 heavy (non-hydrogen) atoms. The molecule has 1 aromatic rings. The van der Waals surface area contributed by atoms with E-state index in [1.54, 1.807) is 7.11 Å². The van der Waals surface area contributed by atoms with Crippen molar-refractivity contribution in [2.24, 2.45) is 10.7 Å². The first-order valence-electron chi connectivity index (χ1n) is 7.59. The minimum Gasteiger partial charge on any atom is -0.495 e. The molecule has 1 aliphatic heterocycles. The van der Waals surface area contributed by atoms with E-state index in [-0.39, 0.29) is 5.91 Å². The third-order valence-electron chi connectivity index (χ3n) is 3.68. The first-order chi connectivity index (χ1) is 10.6. The number of rotatable bonds is 4. The Morgan fingerprint density at radius 2 is 2.09 bits per heavy atom. The fourth-order valence-electron chi connectivity index (χ4n) is 2.54. The van der Waals surface area contributed by atoms with Gasteiger partial charge in [0.05, 0.1) is 19.3 Å². The number of likely N-dealkylation sites (tertiary alicyclic amines) is 1. The Kier molecular flexibility index (Phi) is 5.63. The Bertz CT molecular complexity index is 551. The van der Waals surface area contributed by atoms with Gasteiger partial charge >= 0.3 is 0 Å². The van der Waals surface area contributed by atoms with Gasteiger partial charge in [0, 0.05) is 20.0 Å². The molecule has 0 spiro atoms. The number of piperidine rings is 1. The van der Waals surface area contributed by atoms with Crippen LogP contribution in [0, 0.1) is 0 Å². The highest BCUT2D eigenvalue weighted by Gasteiger charge is 2.12. The lowest BCUT2D eigenvalue weighted by molar-refractivity contribution is -0.114. The molecule has 0 unspecified atom stereocenters. The van der Waals surface area contributed by atoms with Gasteiger partial charge in [-0.25, -0.2) is 4.99 Å². The van der Waals surface area contributed by atoms with Crippen LogP contribution in [-0.2, 0) is 11.3 Å². The second-order valence-electron chi connectivity index (χ2n) is 5.44. The fraction of sp³-hybridized carbons (Fsp3) is 0.500. The third-order valence-corrected chi connectivity index (χ3v) is 3.68. The van der Waals surface area contributed by atoms with Crippen molar-refractivity contribution < 1.29 is 9.53 Å². The van der Waals surface area contributed by atoms with Gasteiger partial charge in [0.15, 0.2) is 5.96 Å². The van der Waals surface area contributed by atoms with Crippen LogP contribution >= 0.6 is 0 Å². The SMILES string of the molecule is COc1ccc(CN=C(N)N2CCCCC2)cc1NC(C)=O. The van der Waals surface area contributed by atoms with Crippen molar-refractivity contribution in [2.45, 2.75) is 32.7 Å². The number of hydrogen-bond donors (Lipinski definition) is 2. The maximum absolute atomic E-state index is 11.2. The van der Waals surface area contributed by atoms with Gasteiger partial charge in [-0.3, -0.25) is 4.79 Å². The van der Waals surface area contributed by atoms with Gasteiger partial charge in [0.2, 0.25) is 5.91 Å². The number of anilines is 1. The number of ether oxygens (including phenoxy) is 1. The zero-order valence-corrected chi connectivity index (χ0v) is 13.3. The molecule has 0 aromatic heterocycles. The number of hydrogen-bond acceptors (Lipinski definition) is 3. The molecule has 6 heteroatoms. The van der Waals surface area contributed by atoms with Crippen LogP contribution in [0.25, 0.3) is 0 Å². The van der Waals surface area contributed by atoms with Gasteiger partial charge in [-0.1, -0.05) is 6.07 Å². The molecule has 0 saturated carbocycles. The van der Waals surface area contributed by atoms with Gasteiger partial charge in [0.25, 0.3) is 0 Å². The highest BCUT2D eigenvalue weighted by Crippen LogP contribution is 2.25. The quantitative estimate of drug-likeness (QED) is 0.658. The van der Waals surface area contributed by atoms with E-state index in [4.69, 9.17) is 10.5 Å².